The summed E-state index contributed by atoms with van der Waals surface area (Å²) < 4.78 is 12.5. The van der Waals surface area contributed by atoms with Crippen molar-refractivity contribution in [3.8, 4) is 11.5 Å². The molecule has 0 atom stereocenters. The van der Waals surface area contributed by atoms with Gasteiger partial charge in [-0.15, -0.1) is 0 Å². The first kappa shape index (κ1) is 19.3. The van der Waals surface area contributed by atoms with Gasteiger partial charge in [-0.25, -0.2) is 9.78 Å². The number of hydrogen-bond acceptors (Lipinski definition) is 4. The van der Waals surface area contributed by atoms with Crippen LogP contribution in [0.4, 0.5) is 4.79 Å². The summed E-state index contributed by atoms with van der Waals surface area (Å²) in [6, 6.07) is 13.5. The Bertz CT molecular complexity index is 893. The van der Waals surface area contributed by atoms with E-state index in [0.717, 1.165) is 17.7 Å². The van der Waals surface area contributed by atoms with Crippen molar-refractivity contribution in [3.05, 3.63) is 77.9 Å². The first-order chi connectivity index (χ1) is 13.7. The lowest BCUT2D eigenvalue weighted by Crippen LogP contribution is -2.34. The summed E-state index contributed by atoms with van der Waals surface area (Å²) in [7, 11) is 3.18. The number of methoxy groups -OCH3 is 2. The summed E-state index contributed by atoms with van der Waals surface area (Å²) in [5.74, 6) is 1.30. The van der Waals surface area contributed by atoms with Crippen molar-refractivity contribution in [2.24, 2.45) is 0 Å². The molecule has 146 valence electrons. The van der Waals surface area contributed by atoms with Crippen LogP contribution in [-0.2, 0) is 19.6 Å². The van der Waals surface area contributed by atoms with Crippen molar-refractivity contribution in [2.45, 2.75) is 19.6 Å². The number of hydrogen-bond donors (Lipinski definition) is 2. The summed E-state index contributed by atoms with van der Waals surface area (Å²) in [6.07, 6.45) is 5.48. The van der Waals surface area contributed by atoms with Crippen LogP contribution >= 0.6 is 0 Å². The Balaban J connectivity index is 1.45. The van der Waals surface area contributed by atoms with Crippen LogP contribution in [0.1, 0.15) is 16.7 Å². The number of imidazole rings is 1. The lowest BCUT2D eigenvalue weighted by molar-refractivity contribution is 0.240. The standard InChI is InChI=1S/C21H24N4O3/c1-27-19-8-7-18(11-20(19)28-2)13-24-21(26)23-12-16-3-5-17(6-4-16)14-25-10-9-22-15-25/h3-11,15H,12-14H2,1-2H3,(H2,23,24,26). The van der Waals surface area contributed by atoms with Crippen LogP contribution in [0, 0.1) is 0 Å². The van der Waals surface area contributed by atoms with Crippen molar-refractivity contribution < 1.29 is 14.3 Å². The molecule has 3 rings (SSSR count). The van der Waals surface area contributed by atoms with Crippen molar-refractivity contribution in [3.63, 3.8) is 0 Å². The van der Waals surface area contributed by atoms with Gasteiger partial charge in [0.05, 0.1) is 20.5 Å². The van der Waals surface area contributed by atoms with E-state index >= 15 is 0 Å². The molecule has 0 aliphatic carbocycles. The number of ether oxygens (including phenoxy) is 2. The number of aromatic nitrogens is 2. The van der Waals surface area contributed by atoms with Crippen LogP contribution in [0.2, 0.25) is 0 Å². The van der Waals surface area contributed by atoms with Crippen LogP contribution in [0.5, 0.6) is 11.5 Å². The topological polar surface area (TPSA) is 77.4 Å². The summed E-state index contributed by atoms with van der Waals surface area (Å²) in [5.41, 5.74) is 3.15. The van der Waals surface area contributed by atoms with E-state index in [4.69, 9.17) is 9.47 Å². The van der Waals surface area contributed by atoms with Gasteiger partial charge in [-0.2, -0.15) is 0 Å². The molecule has 1 aromatic heterocycles. The summed E-state index contributed by atoms with van der Waals surface area (Å²) >= 11 is 0. The lowest BCUT2D eigenvalue weighted by atomic mass is 10.1. The highest BCUT2D eigenvalue weighted by molar-refractivity contribution is 5.73. The first-order valence-electron chi connectivity index (χ1n) is 8.94. The molecular weight excluding hydrogens is 356 g/mol. The Morgan fingerprint density at radius 1 is 0.929 bits per heavy atom. The smallest absolute Gasteiger partial charge is 0.315 e. The molecule has 0 aliphatic heterocycles. The molecule has 0 saturated heterocycles. The molecule has 0 spiro atoms. The van der Waals surface area contributed by atoms with Gasteiger partial charge in [-0.05, 0) is 28.8 Å². The van der Waals surface area contributed by atoms with Gasteiger partial charge in [0.2, 0.25) is 0 Å². The molecule has 0 fully saturated rings. The summed E-state index contributed by atoms with van der Waals surface area (Å²) in [4.78, 5) is 16.1. The van der Waals surface area contributed by atoms with Crippen molar-refractivity contribution in [1.29, 1.82) is 0 Å². The zero-order valence-electron chi connectivity index (χ0n) is 16.0. The molecule has 7 nitrogen and oxygen atoms in total. The van der Waals surface area contributed by atoms with Crippen molar-refractivity contribution >= 4 is 6.03 Å². The van der Waals surface area contributed by atoms with E-state index in [1.807, 2.05) is 41.1 Å². The molecular formula is C21H24N4O3. The van der Waals surface area contributed by atoms with Crippen molar-refractivity contribution in [2.75, 3.05) is 14.2 Å². The number of urea groups is 1. The predicted octanol–water partition coefficient (Wildman–Crippen LogP) is 2.95. The summed E-state index contributed by atoms with van der Waals surface area (Å²) in [6.45, 7) is 1.64. The second-order valence-corrected chi connectivity index (χ2v) is 6.28. The molecule has 0 bridgehead atoms. The second kappa shape index (κ2) is 9.45. The number of rotatable bonds is 8. The third kappa shape index (κ3) is 5.26. The Hall–Kier alpha value is -3.48. The van der Waals surface area contributed by atoms with E-state index in [-0.39, 0.29) is 6.03 Å². The van der Waals surface area contributed by atoms with Crippen molar-refractivity contribution in [1.82, 2.24) is 20.2 Å². The molecule has 1 heterocycles. The number of amides is 2. The van der Waals surface area contributed by atoms with Crippen LogP contribution in [0.25, 0.3) is 0 Å². The lowest BCUT2D eigenvalue weighted by Gasteiger charge is -2.11. The maximum absolute atomic E-state index is 12.1. The highest BCUT2D eigenvalue weighted by Gasteiger charge is 2.06. The zero-order valence-corrected chi connectivity index (χ0v) is 16.0. The SMILES string of the molecule is COc1ccc(CNC(=O)NCc2ccc(Cn3ccnc3)cc2)cc1OC. The molecule has 0 radical (unpaired) electrons. The number of carbonyl (C=O) groups excluding carboxylic acids is 1. The minimum Gasteiger partial charge on any atom is -0.493 e. The Morgan fingerprint density at radius 2 is 1.57 bits per heavy atom. The Labute approximate surface area is 164 Å². The highest BCUT2D eigenvalue weighted by Crippen LogP contribution is 2.27. The third-order valence-corrected chi connectivity index (χ3v) is 4.30. The van der Waals surface area contributed by atoms with Gasteiger partial charge in [0.1, 0.15) is 0 Å². The first-order valence-corrected chi connectivity index (χ1v) is 8.94. The monoisotopic (exact) mass is 380 g/mol. The second-order valence-electron chi connectivity index (χ2n) is 6.28. The van der Waals surface area contributed by atoms with E-state index < -0.39 is 0 Å². The number of carbonyl (C=O) groups is 1. The van der Waals surface area contributed by atoms with Gasteiger partial charge in [-0.3, -0.25) is 0 Å². The van der Waals surface area contributed by atoms with Crippen LogP contribution < -0.4 is 20.1 Å². The fraction of sp³-hybridized carbons (Fsp3) is 0.238. The molecule has 0 saturated carbocycles. The van der Waals surface area contributed by atoms with E-state index in [0.29, 0.717) is 24.6 Å². The quantitative estimate of drug-likeness (QED) is 0.630. The highest BCUT2D eigenvalue weighted by atomic mass is 16.5. The van der Waals surface area contributed by atoms with Crippen LogP contribution in [-0.4, -0.2) is 29.8 Å². The van der Waals surface area contributed by atoms with Gasteiger partial charge in [-0.1, -0.05) is 30.3 Å². The van der Waals surface area contributed by atoms with Gasteiger partial charge in [0.15, 0.2) is 11.5 Å². The third-order valence-electron chi connectivity index (χ3n) is 4.30. The maximum Gasteiger partial charge on any atom is 0.315 e. The molecule has 2 amide bonds. The average Bonchev–Trinajstić information content (AvgIpc) is 3.24. The fourth-order valence-electron chi connectivity index (χ4n) is 2.77. The van der Waals surface area contributed by atoms with Gasteiger partial charge >= 0.3 is 6.03 Å². The molecule has 0 unspecified atom stereocenters. The predicted molar refractivity (Wildman–Crippen MR) is 106 cm³/mol. The molecule has 7 heteroatoms. The Morgan fingerprint density at radius 3 is 2.21 bits per heavy atom. The normalized spacial score (nSPS) is 10.4. The minimum atomic E-state index is -0.225. The van der Waals surface area contributed by atoms with E-state index in [9.17, 15) is 4.79 Å². The van der Waals surface area contributed by atoms with Gasteiger partial charge < -0.3 is 24.7 Å². The molecule has 2 N–H and O–H groups in total. The maximum atomic E-state index is 12.1. The Kier molecular flexibility index (Phi) is 6.51. The largest absolute Gasteiger partial charge is 0.493 e. The number of benzene rings is 2. The van der Waals surface area contributed by atoms with Gasteiger partial charge in [0.25, 0.3) is 0 Å². The summed E-state index contributed by atoms with van der Waals surface area (Å²) in [5, 5.41) is 5.71. The van der Waals surface area contributed by atoms with Crippen LogP contribution in [0.15, 0.2) is 61.2 Å². The van der Waals surface area contributed by atoms with E-state index in [1.165, 1.54) is 5.56 Å². The van der Waals surface area contributed by atoms with E-state index in [1.54, 1.807) is 26.7 Å². The molecule has 0 aliphatic rings. The average molecular weight is 380 g/mol. The molecule has 3 aromatic rings. The fourth-order valence-corrected chi connectivity index (χ4v) is 2.77. The number of nitrogens with one attached hydrogen (secondary N) is 2. The molecule has 2 aromatic carbocycles. The minimum absolute atomic E-state index is 0.225. The van der Waals surface area contributed by atoms with Gasteiger partial charge in [0, 0.05) is 32.0 Å². The number of nitrogens with zero attached hydrogens (tertiary/aromatic N) is 2. The zero-order chi connectivity index (χ0) is 19.8. The molecule has 28 heavy (non-hydrogen) atoms. The van der Waals surface area contributed by atoms with Crippen LogP contribution in [0.3, 0.4) is 0 Å². The van der Waals surface area contributed by atoms with E-state index in [2.05, 4.69) is 27.8 Å².